The van der Waals surface area contributed by atoms with Gasteiger partial charge in [-0.25, -0.2) is 14.6 Å². The largest absolute Gasteiger partial charge is 0.478 e. The first-order valence-corrected chi connectivity index (χ1v) is 12.5. The third kappa shape index (κ3) is 5.70. The maximum atomic E-state index is 13.3. The van der Waals surface area contributed by atoms with Crippen LogP contribution in [0.5, 0.6) is 0 Å². The molecule has 1 aromatic rings. The van der Waals surface area contributed by atoms with Crippen molar-refractivity contribution in [1.29, 1.82) is 0 Å². The Morgan fingerprint density at radius 1 is 1.34 bits per heavy atom. The summed E-state index contributed by atoms with van der Waals surface area (Å²) in [5.74, 6) is -5.71. The lowest BCUT2D eigenvalue weighted by molar-refractivity contribution is -0.161. The molecule has 0 saturated carbocycles. The molecule has 0 aliphatic carbocycles. The van der Waals surface area contributed by atoms with Crippen molar-refractivity contribution in [1.82, 2.24) is 20.5 Å². The van der Waals surface area contributed by atoms with Gasteiger partial charge in [0, 0.05) is 23.6 Å². The number of β-lactam (4-membered cyclic amide) rings is 1. The summed E-state index contributed by atoms with van der Waals surface area (Å²) in [7, 11) is 0. The number of anilines is 1. The number of carboxylic acids is 2. The summed E-state index contributed by atoms with van der Waals surface area (Å²) in [6.45, 7) is 3.39. The quantitative estimate of drug-likeness (QED) is 0.0519. The van der Waals surface area contributed by atoms with Crippen LogP contribution in [0.15, 0.2) is 21.8 Å². The highest BCUT2D eigenvalue weighted by Crippen LogP contribution is 2.41. The molecule has 1 unspecified atom stereocenters. The molecule has 3 atom stereocenters. The Balaban J connectivity index is 2.00. The van der Waals surface area contributed by atoms with Gasteiger partial charge in [0.15, 0.2) is 10.8 Å². The predicted molar refractivity (Wildman–Crippen MR) is 130 cm³/mol. The van der Waals surface area contributed by atoms with Crippen LogP contribution in [0.25, 0.3) is 0 Å². The van der Waals surface area contributed by atoms with Crippen LogP contribution < -0.4 is 16.4 Å². The number of carbonyl (C=O) groups excluding carboxylic acids is 4. The number of carbonyl (C=O) groups is 6. The van der Waals surface area contributed by atoms with Crippen molar-refractivity contribution in [2.75, 3.05) is 11.5 Å². The second-order valence-corrected chi connectivity index (χ2v) is 10.2. The topological polar surface area (TPSA) is 240 Å². The average Bonchev–Trinajstić information content (AvgIpc) is 3.26. The minimum Gasteiger partial charge on any atom is -0.478 e. The summed E-state index contributed by atoms with van der Waals surface area (Å²) in [5, 5.41) is 28.1. The monoisotopic (exact) mass is 570 g/mol. The Morgan fingerprint density at radius 2 is 2.03 bits per heavy atom. The Labute approximate surface area is 222 Å². The highest BCUT2D eigenvalue weighted by atomic mass is 32.2. The van der Waals surface area contributed by atoms with Crippen LogP contribution in [0.4, 0.5) is 5.13 Å². The molecular weight excluding hydrogens is 548 g/mol. The molecule has 0 spiro atoms. The second kappa shape index (κ2) is 11.1. The minimum atomic E-state index is -1.85. The third-order valence-electron chi connectivity index (χ3n) is 5.17. The van der Waals surface area contributed by atoms with Gasteiger partial charge in [-0.2, -0.15) is 0 Å². The van der Waals surface area contributed by atoms with E-state index < -0.39 is 64.4 Å². The molecule has 0 aromatic carbocycles. The molecule has 16 nitrogen and oxygen atoms in total. The highest BCUT2D eigenvalue weighted by Gasteiger charge is 2.54. The van der Waals surface area contributed by atoms with E-state index in [0.717, 1.165) is 34.9 Å². The van der Waals surface area contributed by atoms with E-state index in [0.29, 0.717) is 6.41 Å². The zero-order valence-corrected chi connectivity index (χ0v) is 21.6. The van der Waals surface area contributed by atoms with Crippen LogP contribution in [-0.2, 0) is 38.3 Å². The summed E-state index contributed by atoms with van der Waals surface area (Å²) in [4.78, 5) is 81.9. The number of hydrogen-bond donors (Lipinski definition) is 5. The van der Waals surface area contributed by atoms with E-state index in [2.05, 4.69) is 20.8 Å². The minimum absolute atomic E-state index is 0.0508. The third-order valence-corrected chi connectivity index (χ3v) is 7.15. The zero-order chi connectivity index (χ0) is 28.4. The van der Waals surface area contributed by atoms with Crippen LogP contribution >= 0.6 is 23.1 Å². The first-order valence-electron chi connectivity index (χ1n) is 10.6. The molecular formula is C20H22N6O10S2. The van der Waals surface area contributed by atoms with Crippen LogP contribution in [0, 0.1) is 0 Å². The van der Waals surface area contributed by atoms with E-state index in [9.17, 15) is 39.0 Å². The van der Waals surface area contributed by atoms with Gasteiger partial charge in [-0.1, -0.05) is 5.16 Å². The summed E-state index contributed by atoms with van der Waals surface area (Å²) in [6, 6.07) is -0.946. The lowest BCUT2D eigenvalue weighted by atomic mass is 10.0. The zero-order valence-electron chi connectivity index (χ0n) is 20.0. The van der Waals surface area contributed by atoms with Crippen LogP contribution in [0.2, 0.25) is 0 Å². The van der Waals surface area contributed by atoms with E-state index in [-0.39, 0.29) is 22.2 Å². The van der Waals surface area contributed by atoms with Crippen molar-refractivity contribution in [3.05, 3.63) is 22.3 Å². The van der Waals surface area contributed by atoms with Gasteiger partial charge in [0.05, 0.1) is 0 Å². The molecule has 0 bridgehead atoms. The summed E-state index contributed by atoms with van der Waals surface area (Å²) in [5.41, 5.74) is 2.48. The number of thioether (sulfide) groups is 1. The number of amides is 3. The van der Waals surface area contributed by atoms with Gasteiger partial charge in [-0.3, -0.25) is 24.1 Å². The number of oxime groups is 1. The van der Waals surface area contributed by atoms with Gasteiger partial charge < -0.3 is 36.2 Å². The maximum Gasteiger partial charge on any atom is 0.352 e. The van der Waals surface area contributed by atoms with Crippen LogP contribution in [0.3, 0.4) is 0 Å². The van der Waals surface area contributed by atoms with Crippen molar-refractivity contribution >= 4 is 70.1 Å². The number of nitrogens with one attached hydrogen (secondary N) is 2. The number of thiazole rings is 1. The number of nitrogens with zero attached hydrogens (tertiary/aromatic N) is 3. The van der Waals surface area contributed by atoms with E-state index in [4.69, 9.17) is 15.3 Å². The second-order valence-electron chi connectivity index (χ2n) is 8.23. The molecule has 2 aliphatic heterocycles. The molecule has 3 rings (SSSR count). The Bertz CT molecular complexity index is 1260. The summed E-state index contributed by atoms with van der Waals surface area (Å²) >= 11 is 2.02. The molecule has 3 heterocycles. The molecule has 204 valence electrons. The molecule has 1 fully saturated rings. The lowest BCUT2D eigenvalue weighted by Gasteiger charge is -2.49. The van der Waals surface area contributed by atoms with E-state index in [1.807, 2.05) is 0 Å². The van der Waals surface area contributed by atoms with Gasteiger partial charge in [-0.15, -0.1) is 23.1 Å². The summed E-state index contributed by atoms with van der Waals surface area (Å²) in [6.07, 6.45) is -1.36. The van der Waals surface area contributed by atoms with E-state index >= 15 is 0 Å². The van der Waals surface area contributed by atoms with Gasteiger partial charge in [0.2, 0.25) is 18.2 Å². The smallest absolute Gasteiger partial charge is 0.352 e. The number of fused-ring (bicyclic) bond motifs is 1. The first-order chi connectivity index (χ1) is 17.8. The van der Waals surface area contributed by atoms with Crippen molar-refractivity contribution in [2.45, 2.75) is 44.0 Å². The SMILES string of the molecule is CC(=O)OC(NC(=O)/C(=N\OC(C)(C)C(=O)O)c1csc(N)n1)C1=C(C(=O)O)N2C(=O)[C@H](NC=O)[C@H]2SC1. The standard InChI is InChI=1S/C20H22N6O10S2/c1-7(28)35-14(8-4-37-16-11(22-6-27)15(30)26(16)12(8)17(31)32)24-13(29)10(9-5-38-19(21)23-9)25-36-20(2,3)18(33)34/h5-6,11,14,16H,4H2,1-3H3,(H2,21,23)(H,22,27)(H,24,29)(H,31,32)(H,33,34)/b25-10-/t11-,14?,16+/m0/s1. The number of hydrogen-bond acceptors (Lipinski definition) is 13. The number of nitrogens with two attached hydrogens (primary N) is 1. The van der Waals surface area contributed by atoms with Crippen molar-refractivity contribution in [2.24, 2.45) is 5.16 Å². The molecule has 2 aliphatic rings. The number of nitrogen functional groups attached to an aromatic ring is 1. The van der Waals surface area contributed by atoms with Crippen molar-refractivity contribution in [3.8, 4) is 0 Å². The van der Waals surface area contributed by atoms with E-state index in [1.54, 1.807) is 0 Å². The average molecular weight is 571 g/mol. The fourth-order valence-electron chi connectivity index (χ4n) is 3.28. The number of aliphatic carboxylic acids is 2. The number of aromatic nitrogens is 1. The fourth-order valence-corrected chi connectivity index (χ4v) is 5.21. The van der Waals surface area contributed by atoms with Crippen molar-refractivity contribution in [3.63, 3.8) is 0 Å². The normalized spacial score (nSPS) is 20.0. The maximum absolute atomic E-state index is 13.3. The van der Waals surface area contributed by atoms with Crippen molar-refractivity contribution < 1.29 is 48.6 Å². The Kier molecular flexibility index (Phi) is 8.25. The van der Waals surface area contributed by atoms with Gasteiger partial charge >= 0.3 is 17.9 Å². The number of esters is 1. The molecule has 0 radical (unpaired) electrons. The molecule has 3 amide bonds. The molecule has 1 aromatic heterocycles. The highest BCUT2D eigenvalue weighted by molar-refractivity contribution is 8.00. The number of rotatable bonds is 11. The molecule has 38 heavy (non-hydrogen) atoms. The Hall–Kier alpha value is -4.19. The Morgan fingerprint density at radius 3 is 2.55 bits per heavy atom. The fraction of sp³-hybridized carbons (Fsp3) is 0.400. The van der Waals surface area contributed by atoms with Gasteiger partial charge in [-0.05, 0) is 13.8 Å². The van der Waals surface area contributed by atoms with Gasteiger partial charge in [0.1, 0.15) is 22.8 Å². The van der Waals surface area contributed by atoms with Crippen LogP contribution in [-0.4, -0.2) is 90.9 Å². The summed E-state index contributed by atoms with van der Waals surface area (Å²) < 4.78 is 5.19. The molecule has 1 saturated heterocycles. The predicted octanol–water partition coefficient (Wildman–Crippen LogP) is -1.32. The van der Waals surface area contributed by atoms with Gasteiger partial charge in [0.25, 0.3) is 11.8 Å². The molecule has 6 N–H and O–H groups in total. The van der Waals surface area contributed by atoms with E-state index in [1.165, 1.54) is 19.2 Å². The lowest BCUT2D eigenvalue weighted by Crippen LogP contribution is -2.70. The number of ether oxygens (including phenoxy) is 1. The number of carboxylic acid groups (broad SMARTS) is 2. The first kappa shape index (κ1) is 28.4. The molecule has 18 heteroatoms. The van der Waals surface area contributed by atoms with Crippen LogP contribution in [0.1, 0.15) is 26.5 Å².